The summed E-state index contributed by atoms with van der Waals surface area (Å²) in [6, 6.07) is 5.33. The van der Waals surface area contributed by atoms with Gasteiger partial charge >= 0.3 is 0 Å². The monoisotopic (exact) mass is 281 g/mol. The van der Waals surface area contributed by atoms with Crippen molar-refractivity contribution in [3.05, 3.63) is 28.8 Å². The first-order valence-corrected chi connectivity index (χ1v) is 6.93. The summed E-state index contributed by atoms with van der Waals surface area (Å²) >= 11 is 5.96. The molecular formula is C15H20ClNO2. The van der Waals surface area contributed by atoms with E-state index in [4.69, 9.17) is 11.6 Å². The van der Waals surface area contributed by atoms with Crippen LogP contribution in [0.1, 0.15) is 45.3 Å². The quantitative estimate of drug-likeness (QED) is 0.855. The maximum Gasteiger partial charge on any atom is 0.227 e. The van der Waals surface area contributed by atoms with Crippen LogP contribution >= 0.6 is 11.6 Å². The van der Waals surface area contributed by atoms with Gasteiger partial charge < -0.3 is 10.0 Å². The van der Waals surface area contributed by atoms with E-state index >= 15 is 0 Å². The molecule has 19 heavy (non-hydrogen) atoms. The number of carbonyl (C=O) groups excluding carboxylic acids is 1. The number of halogens is 1. The first-order valence-electron chi connectivity index (χ1n) is 6.56. The third-order valence-electron chi connectivity index (χ3n) is 3.25. The maximum absolute atomic E-state index is 12.4. The maximum atomic E-state index is 12.4. The van der Waals surface area contributed by atoms with E-state index in [-0.39, 0.29) is 11.3 Å². The van der Waals surface area contributed by atoms with Crippen LogP contribution in [0.3, 0.4) is 0 Å². The summed E-state index contributed by atoms with van der Waals surface area (Å²) in [6.45, 7) is 6.70. The van der Waals surface area contributed by atoms with Gasteiger partial charge in [-0.05, 0) is 30.0 Å². The molecule has 1 heterocycles. The number of hydrogen-bond acceptors (Lipinski definition) is 2. The molecule has 1 amide bonds. The number of anilines is 1. The third kappa shape index (κ3) is 3.28. The topological polar surface area (TPSA) is 40.5 Å². The van der Waals surface area contributed by atoms with Gasteiger partial charge in [-0.3, -0.25) is 4.79 Å². The van der Waals surface area contributed by atoms with Crippen molar-refractivity contribution in [3.8, 4) is 0 Å². The van der Waals surface area contributed by atoms with Crippen molar-refractivity contribution in [3.63, 3.8) is 0 Å². The Balaban J connectivity index is 2.31. The van der Waals surface area contributed by atoms with Gasteiger partial charge in [0.15, 0.2) is 0 Å². The van der Waals surface area contributed by atoms with E-state index in [1.165, 1.54) is 0 Å². The summed E-state index contributed by atoms with van der Waals surface area (Å²) in [5.41, 5.74) is 1.50. The lowest BCUT2D eigenvalue weighted by Gasteiger charge is -2.34. The third-order valence-corrected chi connectivity index (χ3v) is 3.48. The van der Waals surface area contributed by atoms with Crippen molar-refractivity contribution < 1.29 is 9.90 Å². The molecule has 0 aromatic heterocycles. The fraction of sp³-hybridized carbons (Fsp3) is 0.533. The van der Waals surface area contributed by atoms with Crippen LogP contribution in [-0.4, -0.2) is 17.6 Å². The number of fused-ring (bicyclic) bond motifs is 1. The Labute approximate surface area is 119 Å². The van der Waals surface area contributed by atoms with Crippen LogP contribution in [0.4, 0.5) is 5.69 Å². The smallest absolute Gasteiger partial charge is 0.227 e. The lowest BCUT2D eigenvalue weighted by Crippen LogP contribution is -2.38. The van der Waals surface area contributed by atoms with E-state index in [1.807, 2.05) is 26.8 Å². The average Bonchev–Trinajstić information content (AvgIpc) is 2.27. The molecule has 1 N–H and O–H groups in total. The van der Waals surface area contributed by atoms with E-state index in [9.17, 15) is 9.90 Å². The predicted octanol–water partition coefficient (Wildman–Crippen LogP) is 3.55. The molecule has 2 rings (SSSR count). The zero-order valence-corrected chi connectivity index (χ0v) is 12.4. The van der Waals surface area contributed by atoms with Crippen LogP contribution in [0.25, 0.3) is 0 Å². The Bertz CT molecular complexity index is 493. The number of benzene rings is 1. The van der Waals surface area contributed by atoms with E-state index in [1.54, 1.807) is 17.0 Å². The van der Waals surface area contributed by atoms with Crippen LogP contribution < -0.4 is 4.90 Å². The van der Waals surface area contributed by atoms with Crippen LogP contribution in [0, 0.1) is 5.41 Å². The molecule has 1 aromatic rings. The lowest BCUT2D eigenvalue weighted by molar-refractivity contribution is -0.120. The fourth-order valence-electron chi connectivity index (χ4n) is 2.37. The molecule has 0 spiro atoms. The Hall–Kier alpha value is -1.06. The number of nitrogens with zero attached hydrogens (tertiary/aromatic N) is 1. The molecular weight excluding hydrogens is 262 g/mol. The normalized spacial score (nSPS) is 19.2. The molecule has 1 aliphatic rings. The van der Waals surface area contributed by atoms with Gasteiger partial charge in [-0.2, -0.15) is 0 Å². The molecule has 0 radical (unpaired) electrons. The van der Waals surface area contributed by atoms with Crippen LogP contribution in [-0.2, 0) is 4.79 Å². The molecule has 1 aliphatic heterocycles. The molecule has 0 fully saturated rings. The number of aliphatic hydroxyl groups is 1. The largest absolute Gasteiger partial charge is 0.388 e. The second-order valence-corrected chi connectivity index (χ2v) is 6.73. The molecule has 3 nitrogen and oxygen atoms in total. The second-order valence-electron chi connectivity index (χ2n) is 6.29. The van der Waals surface area contributed by atoms with Crippen molar-refractivity contribution in [2.45, 2.75) is 39.7 Å². The van der Waals surface area contributed by atoms with Crippen molar-refractivity contribution in [2.24, 2.45) is 5.41 Å². The van der Waals surface area contributed by atoms with Crippen molar-refractivity contribution in [2.75, 3.05) is 11.4 Å². The summed E-state index contributed by atoms with van der Waals surface area (Å²) in [4.78, 5) is 14.1. The Kier molecular flexibility index (Phi) is 3.88. The van der Waals surface area contributed by atoms with E-state index in [0.717, 1.165) is 11.3 Å². The van der Waals surface area contributed by atoms with E-state index in [2.05, 4.69) is 0 Å². The second kappa shape index (κ2) is 5.14. The van der Waals surface area contributed by atoms with Crippen molar-refractivity contribution in [1.82, 2.24) is 0 Å². The number of hydrogen-bond donors (Lipinski definition) is 1. The number of carbonyl (C=O) groups is 1. The average molecular weight is 282 g/mol. The van der Waals surface area contributed by atoms with Crippen molar-refractivity contribution >= 4 is 23.2 Å². The van der Waals surface area contributed by atoms with E-state index < -0.39 is 6.10 Å². The number of amides is 1. The molecule has 0 saturated carbocycles. The molecule has 4 heteroatoms. The van der Waals surface area contributed by atoms with Gasteiger partial charge in [0.2, 0.25) is 5.91 Å². The predicted molar refractivity (Wildman–Crippen MR) is 77.5 cm³/mol. The zero-order chi connectivity index (χ0) is 14.2. The highest BCUT2D eigenvalue weighted by Crippen LogP contribution is 2.36. The van der Waals surface area contributed by atoms with Gasteiger partial charge in [-0.25, -0.2) is 0 Å². The Morgan fingerprint density at radius 2 is 2.16 bits per heavy atom. The summed E-state index contributed by atoms with van der Waals surface area (Å²) in [6.07, 6.45) is 0.515. The first kappa shape index (κ1) is 14.4. The highest BCUT2D eigenvalue weighted by molar-refractivity contribution is 6.30. The molecule has 0 bridgehead atoms. The summed E-state index contributed by atoms with van der Waals surface area (Å²) in [5, 5.41) is 10.6. The standard InChI is InChI=1S/C15H20ClNO2/c1-15(2,3)9-14(19)17-7-6-13(18)11-8-10(16)4-5-12(11)17/h4-5,8,13,18H,6-7,9H2,1-3H3. The summed E-state index contributed by atoms with van der Waals surface area (Å²) in [5.74, 6) is 0.1000. The highest BCUT2D eigenvalue weighted by atomic mass is 35.5. The Morgan fingerprint density at radius 3 is 2.79 bits per heavy atom. The van der Waals surface area contributed by atoms with Crippen LogP contribution in [0.15, 0.2) is 18.2 Å². The van der Waals surface area contributed by atoms with Gasteiger partial charge in [-0.1, -0.05) is 32.4 Å². The molecule has 0 saturated heterocycles. The first-order chi connectivity index (χ1) is 8.78. The molecule has 1 aromatic carbocycles. The molecule has 1 unspecified atom stereocenters. The lowest BCUT2D eigenvalue weighted by atomic mass is 9.90. The number of aliphatic hydroxyl groups excluding tert-OH is 1. The van der Waals surface area contributed by atoms with Crippen molar-refractivity contribution in [1.29, 1.82) is 0 Å². The van der Waals surface area contributed by atoms with Crippen LogP contribution in [0.5, 0.6) is 0 Å². The molecule has 104 valence electrons. The van der Waals surface area contributed by atoms with Gasteiger partial charge in [0.05, 0.1) is 6.10 Å². The summed E-state index contributed by atoms with van der Waals surface area (Å²) in [7, 11) is 0. The van der Waals surface area contributed by atoms with Gasteiger partial charge in [0, 0.05) is 29.2 Å². The molecule has 0 aliphatic carbocycles. The SMILES string of the molecule is CC(C)(C)CC(=O)N1CCC(O)c2cc(Cl)ccc21. The highest BCUT2D eigenvalue weighted by Gasteiger charge is 2.29. The minimum atomic E-state index is -0.535. The van der Waals surface area contributed by atoms with Gasteiger partial charge in [0.25, 0.3) is 0 Å². The Morgan fingerprint density at radius 1 is 1.47 bits per heavy atom. The minimum absolute atomic E-state index is 0.0419. The molecule has 1 atom stereocenters. The van der Waals surface area contributed by atoms with Crippen LogP contribution in [0.2, 0.25) is 5.02 Å². The zero-order valence-electron chi connectivity index (χ0n) is 11.6. The fourth-order valence-corrected chi connectivity index (χ4v) is 2.55. The van der Waals surface area contributed by atoms with Gasteiger partial charge in [-0.15, -0.1) is 0 Å². The minimum Gasteiger partial charge on any atom is -0.388 e. The number of rotatable bonds is 1. The van der Waals surface area contributed by atoms with Gasteiger partial charge in [0.1, 0.15) is 0 Å². The summed E-state index contributed by atoms with van der Waals surface area (Å²) < 4.78 is 0. The van der Waals surface area contributed by atoms with E-state index in [0.29, 0.717) is 24.4 Å².